The van der Waals surface area contributed by atoms with Gasteiger partial charge in [-0.15, -0.1) is 0 Å². The molecule has 132 valence electrons. The van der Waals surface area contributed by atoms with Crippen molar-refractivity contribution < 1.29 is 18.7 Å². The van der Waals surface area contributed by atoms with E-state index in [2.05, 4.69) is 0 Å². The second-order valence-corrected chi connectivity index (χ2v) is 6.02. The number of ether oxygens (including phenoxy) is 1. The number of piperazine rings is 1. The summed E-state index contributed by atoms with van der Waals surface area (Å²) in [5.74, 6) is 0.0527. The van der Waals surface area contributed by atoms with Gasteiger partial charge in [0, 0.05) is 38.6 Å². The maximum absolute atomic E-state index is 12.8. The topological polar surface area (TPSA) is 75.9 Å². The summed E-state index contributed by atoms with van der Waals surface area (Å²) in [6.45, 7) is 3.83. The minimum Gasteiger partial charge on any atom is -0.484 e. The number of hydrogen-bond donors (Lipinski definition) is 1. The Morgan fingerprint density at radius 3 is 2.21 bits per heavy atom. The molecule has 1 saturated heterocycles. The van der Waals surface area contributed by atoms with Crippen LogP contribution in [0.25, 0.3) is 0 Å². The number of rotatable bonds is 6. The normalized spacial score (nSPS) is 16.0. The first-order valence-electron chi connectivity index (χ1n) is 8.15. The summed E-state index contributed by atoms with van der Waals surface area (Å²) in [5.41, 5.74) is 5.66. The number of nitrogens with two attached hydrogens (primary N) is 1. The molecule has 2 N–H and O–H groups in total. The second kappa shape index (κ2) is 8.63. The summed E-state index contributed by atoms with van der Waals surface area (Å²) in [4.78, 5) is 27.6. The van der Waals surface area contributed by atoms with Crippen LogP contribution in [0.1, 0.15) is 19.8 Å². The first kappa shape index (κ1) is 18.2. The van der Waals surface area contributed by atoms with E-state index in [0.29, 0.717) is 44.8 Å². The molecule has 1 aromatic rings. The minimum atomic E-state index is -0.349. The molecule has 24 heavy (non-hydrogen) atoms. The standard InChI is InChI=1S/C17H24FN3O3/c1-13(19)2-7-16(22)20-8-10-21(11-9-20)17(23)12-24-15-5-3-14(18)4-6-15/h3-6,13H,2,7-12,19H2,1H3. The lowest BCUT2D eigenvalue weighted by Gasteiger charge is -2.34. The molecule has 0 spiro atoms. The Kier molecular flexibility index (Phi) is 6.54. The zero-order chi connectivity index (χ0) is 17.5. The van der Waals surface area contributed by atoms with Gasteiger partial charge in [-0.3, -0.25) is 9.59 Å². The summed E-state index contributed by atoms with van der Waals surface area (Å²) < 4.78 is 18.2. The number of benzene rings is 1. The van der Waals surface area contributed by atoms with E-state index in [1.807, 2.05) is 6.92 Å². The molecule has 1 unspecified atom stereocenters. The lowest BCUT2D eigenvalue weighted by molar-refractivity contribution is -0.140. The van der Waals surface area contributed by atoms with Crippen LogP contribution in [0.3, 0.4) is 0 Å². The lowest BCUT2D eigenvalue weighted by atomic mass is 10.1. The van der Waals surface area contributed by atoms with Crippen LogP contribution in [0.2, 0.25) is 0 Å². The predicted octanol–water partition coefficient (Wildman–Crippen LogP) is 1.00. The van der Waals surface area contributed by atoms with Gasteiger partial charge in [0.15, 0.2) is 6.61 Å². The highest BCUT2D eigenvalue weighted by molar-refractivity contribution is 5.79. The molecule has 1 aliphatic heterocycles. The van der Waals surface area contributed by atoms with Gasteiger partial charge in [0.05, 0.1) is 0 Å². The zero-order valence-corrected chi connectivity index (χ0v) is 13.9. The van der Waals surface area contributed by atoms with Crippen LogP contribution >= 0.6 is 0 Å². The Morgan fingerprint density at radius 2 is 1.67 bits per heavy atom. The molecule has 2 amide bonds. The first-order valence-corrected chi connectivity index (χ1v) is 8.15. The van der Waals surface area contributed by atoms with E-state index in [1.165, 1.54) is 24.3 Å². The summed E-state index contributed by atoms with van der Waals surface area (Å²) in [6, 6.07) is 5.55. The average molecular weight is 337 g/mol. The minimum absolute atomic E-state index is 0.0143. The van der Waals surface area contributed by atoms with Crippen molar-refractivity contribution in [2.24, 2.45) is 5.73 Å². The maximum atomic E-state index is 12.8. The van der Waals surface area contributed by atoms with Gasteiger partial charge in [0.2, 0.25) is 5.91 Å². The third-order valence-electron chi connectivity index (χ3n) is 3.97. The molecule has 1 atom stereocenters. The van der Waals surface area contributed by atoms with Gasteiger partial charge in [-0.05, 0) is 37.6 Å². The van der Waals surface area contributed by atoms with Gasteiger partial charge >= 0.3 is 0 Å². The van der Waals surface area contributed by atoms with Crippen molar-refractivity contribution >= 4 is 11.8 Å². The van der Waals surface area contributed by atoms with Gasteiger partial charge in [0.25, 0.3) is 5.91 Å². The summed E-state index contributed by atoms with van der Waals surface area (Å²) in [6.07, 6.45) is 1.11. The van der Waals surface area contributed by atoms with Crippen LogP contribution in [0.4, 0.5) is 4.39 Å². The Morgan fingerprint density at radius 1 is 1.12 bits per heavy atom. The average Bonchev–Trinajstić information content (AvgIpc) is 2.59. The van der Waals surface area contributed by atoms with Crippen molar-refractivity contribution in [1.82, 2.24) is 9.80 Å². The molecule has 7 heteroatoms. The summed E-state index contributed by atoms with van der Waals surface area (Å²) in [7, 11) is 0. The van der Waals surface area contributed by atoms with Gasteiger partial charge in [-0.2, -0.15) is 0 Å². The molecule has 0 aliphatic carbocycles. The van der Waals surface area contributed by atoms with Crippen molar-refractivity contribution in [1.29, 1.82) is 0 Å². The van der Waals surface area contributed by atoms with Gasteiger partial charge in [0.1, 0.15) is 11.6 Å². The maximum Gasteiger partial charge on any atom is 0.260 e. The van der Waals surface area contributed by atoms with E-state index in [9.17, 15) is 14.0 Å². The molecular formula is C17H24FN3O3. The number of amides is 2. The van der Waals surface area contributed by atoms with E-state index in [4.69, 9.17) is 10.5 Å². The van der Waals surface area contributed by atoms with Crippen LogP contribution in [0, 0.1) is 5.82 Å². The van der Waals surface area contributed by atoms with Crippen LogP contribution in [0.15, 0.2) is 24.3 Å². The van der Waals surface area contributed by atoms with E-state index >= 15 is 0 Å². The molecule has 0 saturated carbocycles. The van der Waals surface area contributed by atoms with Crippen molar-refractivity contribution in [3.8, 4) is 5.75 Å². The van der Waals surface area contributed by atoms with E-state index in [-0.39, 0.29) is 30.3 Å². The largest absolute Gasteiger partial charge is 0.484 e. The van der Waals surface area contributed by atoms with Gasteiger partial charge in [-0.25, -0.2) is 4.39 Å². The molecular weight excluding hydrogens is 313 g/mol. The second-order valence-electron chi connectivity index (χ2n) is 6.02. The Labute approximate surface area is 141 Å². The Hall–Kier alpha value is -2.15. The third-order valence-corrected chi connectivity index (χ3v) is 3.97. The fourth-order valence-corrected chi connectivity index (χ4v) is 2.48. The summed E-state index contributed by atoms with van der Waals surface area (Å²) >= 11 is 0. The van der Waals surface area contributed by atoms with E-state index in [0.717, 1.165) is 0 Å². The third kappa shape index (κ3) is 5.49. The zero-order valence-electron chi connectivity index (χ0n) is 13.9. The molecule has 0 radical (unpaired) electrons. The molecule has 1 aliphatic rings. The highest BCUT2D eigenvalue weighted by Gasteiger charge is 2.24. The quantitative estimate of drug-likeness (QED) is 0.840. The van der Waals surface area contributed by atoms with E-state index in [1.54, 1.807) is 9.80 Å². The van der Waals surface area contributed by atoms with Crippen LogP contribution in [-0.4, -0.2) is 60.4 Å². The van der Waals surface area contributed by atoms with Gasteiger partial charge in [-0.1, -0.05) is 0 Å². The molecule has 2 rings (SSSR count). The number of nitrogens with zero attached hydrogens (tertiary/aromatic N) is 2. The molecule has 0 bridgehead atoms. The predicted molar refractivity (Wildman–Crippen MR) is 87.9 cm³/mol. The Balaban J connectivity index is 1.72. The van der Waals surface area contributed by atoms with Crippen LogP contribution in [-0.2, 0) is 9.59 Å². The van der Waals surface area contributed by atoms with E-state index < -0.39 is 0 Å². The molecule has 0 aromatic heterocycles. The van der Waals surface area contributed by atoms with Crippen LogP contribution < -0.4 is 10.5 Å². The number of carbonyl (C=O) groups is 2. The van der Waals surface area contributed by atoms with Crippen molar-refractivity contribution in [3.63, 3.8) is 0 Å². The Bertz CT molecular complexity index is 555. The fourth-order valence-electron chi connectivity index (χ4n) is 2.48. The monoisotopic (exact) mass is 337 g/mol. The smallest absolute Gasteiger partial charge is 0.260 e. The number of carbonyl (C=O) groups excluding carboxylic acids is 2. The fraction of sp³-hybridized carbons (Fsp3) is 0.529. The molecule has 6 nitrogen and oxygen atoms in total. The molecule has 1 heterocycles. The summed E-state index contributed by atoms with van der Waals surface area (Å²) in [5, 5.41) is 0. The number of hydrogen-bond acceptors (Lipinski definition) is 4. The highest BCUT2D eigenvalue weighted by atomic mass is 19.1. The van der Waals surface area contributed by atoms with Crippen molar-refractivity contribution in [3.05, 3.63) is 30.1 Å². The van der Waals surface area contributed by atoms with Gasteiger partial charge < -0.3 is 20.3 Å². The highest BCUT2D eigenvalue weighted by Crippen LogP contribution is 2.12. The SMILES string of the molecule is CC(N)CCC(=O)N1CCN(C(=O)COc2ccc(F)cc2)CC1. The first-order chi connectivity index (χ1) is 11.5. The molecule has 1 aromatic carbocycles. The van der Waals surface area contributed by atoms with Crippen molar-refractivity contribution in [2.75, 3.05) is 32.8 Å². The lowest BCUT2D eigenvalue weighted by Crippen LogP contribution is -2.51. The van der Waals surface area contributed by atoms with Crippen molar-refractivity contribution in [2.45, 2.75) is 25.8 Å². The molecule has 1 fully saturated rings. The van der Waals surface area contributed by atoms with Crippen LogP contribution in [0.5, 0.6) is 5.75 Å². The number of halogens is 1.